The number of hydrogen-bond donors (Lipinski definition) is 0. The van der Waals surface area contributed by atoms with Gasteiger partial charge in [-0.3, -0.25) is 14.2 Å². The minimum Gasteiger partial charge on any atom is -0.459 e. The van der Waals surface area contributed by atoms with Crippen LogP contribution in [0.15, 0.2) is 70.3 Å². The van der Waals surface area contributed by atoms with E-state index in [1.807, 2.05) is 53.1 Å². The highest BCUT2D eigenvalue weighted by molar-refractivity contribution is 5.76. The molecule has 0 saturated heterocycles. The van der Waals surface area contributed by atoms with E-state index in [9.17, 15) is 14.4 Å². The number of aromatic nitrogens is 4. The molecule has 4 aromatic rings. The van der Waals surface area contributed by atoms with Crippen LogP contribution in [0, 0.1) is 5.92 Å². The second kappa shape index (κ2) is 9.85. The van der Waals surface area contributed by atoms with Gasteiger partial charge in [-0.25, -0.2) is 9.36 Å². The number of benzene rings is 2. The summed E-state index contributed by atoms with van der Waals surface area (Å²) in [5, 5.41) is 0. The van der Waals surface area contributed by atoms with E-state index >= 15 is 0 Å². The van der Waals surface area contributed by atoms with E-state index < -0.39 is 23.8 Å². The largest absolute Gasteiger partial charge is 0.459 e. The van der Waals surface area contributed by atoms with Crippen molar-refractivity contribution in [1.82, 2.24) is 18.7 Å². The van der Waals surface area contributed by atoms with E-state index in [0.29, 0.717) is 23.7 Å². The van der Waals surface area contributed by atoms with Crippen LogP contribution in [0.5, 0.6) is 0 Å². The Kier molecular flexibility index (Phi) is 6.45. The summed E-state index contributed by atoms with van der Waals surface area (Å²) in [5.41, 5.74) is 1.59. The lowest BCUT2D eigenvalue weighted by Crippen LogP contribution is -2.42. The third-order valence-electron chi connectivity index (χ3n) is 6.56. The Bertz CT molecular complexity index is 1500. The number of carbonyl (C=O) groups is 1. The molecule has 0 saturated carbocycles. The van der Waals surface area contributed by atoms with Crippen LogP contribution in [0.3, 0.4) is 0 Å². The average molecular weight is 488 g/mol. The van der Waals surface area contributed by atoms with Crippen molar-refractivity contribution in [3.8, 4) is 0 Å². The molecule has 0 fully saturated rings. The molecule has 1 aliphatic heterocycles. The molecule has 0 spiro atoms. The molecule has 2 aromatic carbocycles. The number of carbonyl (C=O) groups excluding carboxylic acids is 1. The highest BCUT2D eigenvalue weighted by Crippen LogP contribution is 2.27. The molecular formula is C27H29N5O4. The zero-order chi connectivity index (χ0) is 25.2. The standard InChI is InChI=1S/C27H29N5O4/c1-19-15-30(14-13-20-9-5-3-6-10-20)26-28-24-23(31(26)16-19)25(34)32(27(35)29(24)2)17-22(33)36-18-21-11-7-4-8-12-21/h3-12,19H,13-18H2,1-2H3/t19-/m0/s1. The molecule has 9 heteroatoms. The van der Waals surface area contributed by atoms with Gasteiger partial charge in [0.1, 0.15) is 13.2 Å². The molecule has 0 aliphatic carbocycles. The Hall–Kier alpha value is -4.14. The van der Waals surface area contributed by atoms with Gasteiger partial charge in [0.05, 0.1) is 0 Å². The molecule has 9 nitrogen and oxygen atoms in total. The van der Waals surface area contributed by atoms with Crippen molar-refractivity contribution < 1.29 is 9.53 Å². The van der Waals surface area contributed by atoms with Crippen molar-refractivity contribution in [2.45, 2.75) is 33.0 Å². The zero-order valence-electron chi connectivity index (χ0n) is 20.5. The fourth-order valence-electron chi connectivity index (χ4n) is 4.75. The summed E-state index contributed by atoms with van der Waals surface area (Å²) >= 11 is 0. The number of ether oxygens (including phenoxy) is 1. The van der Waals surface area contributed by atoms with Gasteiger partial charge in [0, 0.05) is 26.7 Å². The molecule has 1 aliphatic rings. The SMILES string of the molecule is C[C@H]1CN(CCc2ccccc2)c2nc3c(c(=O)n(CC(=O)OCc4ccccc4)c(=O)n3C)n2C1. The van der Waals surface area contributed by atoms with Gasteiger partial charge in [0.2, 0.25) is 5.95 Å². The highest BCUT2D eigenvalue weighted by Gasteiger charge is 2.29. The van der Waals surface area contributed by atoms with Crippen LogP contribution in [-0.2, 0) is 42.7 Å². The maximum Gasteiger partial charge on any atom is 0.333 e. The molecule has 5 rings (SSSR count). The molecule has 3 heterocycles. The third-order valence-corrected chi connectivity index (χ3v) is 6.56. The maximum absolute atomic E-state index is 13.5. The van der Waals surface area contributed by atoms with Crippen molar-refractivity contribution >= 4 is 23.1 Å². The fraction of sp³-hybridized carbons (Fsp3) is 0.333. The van der Waals surface area contributed by atoms with Crippen molar-refractivity contribution in [3.63, 3.8) is 0 Å². The van der Waals surface area contributed by atoms with Gasteiger partial charge in [0.15, 0.2) is 11.2 Å². The second-order valence-electron chi connectivity index (χ2n) is 9.36. The molecular weight excluding hydrogens is 458 g/mol. The number of aryl methyl sites for hydroxylation is 1. The summed E-state index contributed by atoms with van der Waals surface area (Å²) in [6.45, 7) is 3.91. The maximum atomic E-state index is 13.5. The fourth-order valence-corrected chi connectivity index (χ4v) is 4.75. The minimum absolute atomic E-state index is 0.0763. The van der Waals surface area contributed by atoms with E-state index in [-0.39, 0.29) is 12.5 Å². The number of hydrogen-bond acceptors (Lipinski definition) is 6. The molecule has 0 unspecified atom stereocenters. The molecule has 2 aromatic heterocycles. The lowest BCUT2D eigenvalue weighted by molar-refractivity contribution is -0.145. The average Bonchev–Trinajstić information content (AvgIpc) is 3.28. The van der Waals surface area contributed by atoms with Crippen LogP contribution in [0.1, 0.15) is 18.1 Å². The normalized spacial score (nSPS) is 15.2. The number of rotatable bonds is 7. The lowest BCUT2D eigenvalue weighted by Gasteiger charge is -2.33. The van der Waals surface area contributed by atoms with Crippen molar-refractivity contribution in [3.05, 3.63) is 92.6 Å². The molecule has 36 heavy (non-hydrogen) atoms. The topological polar surface area (TPSA) is 91.4 Å². The number of esters is 1. The lowest BCUT2D eigenvalue weighted by atomic mass is 10.1. The molecule has 0 bridgehead atoms. The summed E-state index contributed by atoms with van der Waals surface area (Å²) in [5.74, 6) is 0.316. The second-order valence-corrected chi connectivity index (χ2v) is 9.36. The van der Waals surface area contributed by atoms with Gasteiger partial charge >= 0.3 is 11.7 Å². The van der Waals surface area contributed by atoms with E-state index in [0.717, 1.165) is 29.6 Å². The summed E-state index contributed by atoms with van der Waals surface area (Å²) in [7, 11) is 1.58. The third kappa shape index (κ3) is 4.56. The Morgan fingerprint density at radius 2 is 1.67 bits per heavy atom. The van der Waals surface area contributed by atoms with Crippen molar-refractivity contribution in [2.75, 3.05) is 18.0 Å². The first kappa shape index (κ1) is 23.6. The summed E-state index contributed by atoms with van der Waals surface area (Å²) in [6, 6.07) is 19.5. The van der Waals surface area contributed by atoms with E-state index in [4.69, 9.17) is 9.72 Å². The van der Waals surface area contributed by atoms with Crippen LogP contribution in [0.2, 0.25) is 0 Å². The first-order valence-electron chi connectivity index (χ1n) is 12.1. The van der Waals surface area contributed by atoms with Crippen LogP contribution < -0.4 is 16.1 Å². The Balaban J connectivity index is 1.45. The van der Waals surface area contributed by atoms with Gasteiger partial charge in [0.25, 0.3) is 5.56 Å². The monoisotopic (exact) mass is 487 g/mol. The summed E-state index contributed by atoms with van der Waals surface area (Å²) in [6.07, 6.45) is 0.840. The van der Waals surface area contributed by atoms with E-state index in [2.05, 4.69) is 24.0 Å². The quantitative estimate of drug-likeness (QED) is 0.372. The highest BCUT2D eigenvalue weighted by atomic mass is 16.5. The number of fused-ring (bicyclic) bond motifs is 3. The first-order chi connectivity index (χ1) is 17.4. The van der Waals surface area contributed by atoms with Crippen molar-refractivity contribution in [2.24, 2.45) is 13.0 Å². The van der Waals surface area contributed by atoms with Gasteiger partial charge in [-0.2, -0.15) is 4.98 Å². The zero-order valence-corrected chi connectivity index (χ0v) is 20.5. The predicted molar refractivity (Wildman–Crippen MR) is 137 cm³/mol. The van der Waals surface area contributed by atoms with Crippen molar-refractivity contribution in [1.29, 1.82) is 0 Å². The number of nitrogens with zero attached hydrogens (tertiary/aromatic N) is 5. The van der Waals surface area contributed by atoms with Gasteiger partial charge < -0.3 is 14.2 Å². The van der Waals surface area contributed by atoms with E-state index in [1.54, 1.807) is 7.05 Å². The van der Waals surface area contributed by atoms with Gasteiger partial charge in [-0.15, -0.1) is 0 Å². The molecule has 0 radical (unpaired) electrons. The Morgan fingerprint density at radius 1 is 1.00 bits per heavy atom. The smallest absolute Gasteiger partial charge is 0.333 e. The molecule has 0 amide bonds. The summed E-state index contributed by atoms with van der Waals surface area (Å²) in [4.78, 5) is 46.0. The van der Waals surface area contributed by atoms with Crippen LogP contribution >= 0.6 is 0 Å². The summed E-state index contributed by atoms with van der Waals surface area (Å²) < 4.78 is 9.49. The van der Waals surface area contributed by atoms with Crippen LogP contribution in [0.25, 0.3) is 11.2 Å². The molecule has 0 N–H and O–H groups in total. The van der Waals surface area contributed by atoms with Crippen LogP contribution in [-0.4, -0.2) is 37.7 Å². The molecule has 1 atom stereocenters. The predicted octanol–water partition coefficient (Wildman–Crippen LogP) is 2.34. The van der Waals surface area contributed by atoms with E-state index in [1.165, 1.54) is 10.1 Å². The molecule has 186 valence electrons. The van der Waals surface area contributed by atoms with Gasteiger partial charge in [-0.1, -0.05) is 67.6 Å². The minimum atomic E-state index is -0.645. The van der Waals surface area contributed by atoms with Gasteiger partial charge in [-0.05, 0) is 23.5 Å². The number of imidazole rings is 1. The van der Waals surface area contributed by atoms with Crippen LogP contribution in [0.4, 0.5) is 5.95 Å². The number of anilines is 1. The Labute approximate surface area is 208 Å². The Morgan fingerprint density at radius 3 is 2.36 bits per heavy atom. The first-order valence-corrected chi connectivity index (χ1v) is 12.1.